The topological polar surface area (TPSA) is 85.2 Å². The minimum atomic E-state index is -0.736. The Hall–Kier alpha value is -1.86. The van der Waals surface area contributed by atoms with Gasteiger partial charge in [0.15, 0.2) is 0 Å². The van der Waals surface area contributed by atoms with Crippen LogP contribution in [0.4, 0.5) is 0 Å². The first-order valence-electron chi connectivity index (χ1n) is 9.07. The fourth-order valence-corrected chi connectivity index (χ4v) is 5.89. The molecule has 0 aliphatic carbocycles. The summed E-state index contributed by atoms with van der Waals surface area (Å²) in [5.74, 6) is -0.885. The zero-order chi connectivity index (χ0) is 22.5. The van der Waals surface area contributed by atoms with Gasteiger partial charge in [-0.1, -0.05) is 30.0 Å². The lowest BCUT2D eigenvalue weighted by Crippen LogP contribution is -2.14. The predicted molar refractivity (Wildman–Crippen MR) is 138 cm³/mol. The molecule has 6 nitrogen and oxygen atoms in total. The Morgan fingerprint density at radius 2 is 1.90 bits per heavy atom. The third-order valence-corrected chi connectivity index (χ3v) is 6.57. The number of carbonyl (C=O) groups excluding carboxylic acids is 2. The Kier molecular flexibility index (Phi) is 8.17. The van der Waals surface area contributed by atoms with Crippen LogP contribution in [0.15, 0.2) is 63.7 Å². The molecule has 1 heterocycles. The molecular formula is C22H17I2NO5S. The number of benzene rings is 2. The van der Waals surface area contributed by atoms with Crippen LogP contribution < -0.4 is 4.74 Å². The van der Waals surface area contributed by atoms with E-state index < -0.39 is 11.9 Å². The van der Waals surface area contributed by atoms with Crippen molar-refractivity contribution < 1.29 is 24.2 Å². The van der Waals surface area contributed by atoms with Crippen LogP contribution in [-0.2, 0) is 9.53 Å². The number of aliphatic imine (C=N–C) groups is 1. The molecule has 160 valence electrons. The van der Waals surface area contributed by atoms with Crippen molar-refractivity contribution in [3.8, 4) is 5.75 Å². The lowest BCUT2D eigenvalue weighted by atomic mass is 10.1. The predicted octanol–water partition coefficient (Wildman–Crippen LogP) is 5.61. The van der Waals surface area contributed by atoms with Gasteiger partial charge in [0, 0.05) is 14.7 Å². The third-order valence-electron chi connectivity index (χ3n) is 4.12. The second kappa shape index (κ2) is 10.6. The number of hydrogen-bond donors (Lipinski definition) is 1. The number of rotatable bonds is 5. The number of thioether (sulfide) groups is 1. The first-order valence-corrected chi connectivity index (χ1v) is 12.0. The summed E-state index contributed by atoms with van der Waals surface area (Å²) in [6.45, 7) is 1.79. The van der Waals surface area contributed by atoms with Gasteiger partial charge in [-0.05, 0) is 82.4 Å². The molecule has 1 aliphatic heterocycles. The summed E-state index contributed by atoms with van der Waals surface area (Å²) in [5.41, 5.74) is 0.984. The van der Waals surface area contributed by atoms with Crippen molar-refractivity contribution in [2.75, 3.05) is 13.7 Å². The van der Waals surface area contributed by atoms with Gasteiger partial charge in [0.05, 0.1) is 22.2 Å². The van der Waals surface area contributed by atoms with Crippen LogP contribution in [0.3, 0.4) is 0 Å². The maximum atomic E-state index is 12.6. The van der Waals surface area contributed by atoms with Gasteiger partial charge in [0.25, 0.3) is 5.91 Å². The summed E-state index contributed by atoms with van der Waals surface area (Å²) in [6, 6.07) is 12.4. The molecule has 1 N–H and O–H groups in total. The average molecular weight is 661 g/mol. The Morgan fingerprint density at radius 1 is 1.19 bits per heavy atom. The summed E-state index contributed by atoms with van der Waals surface area (Å²) in [5, 5.41) is 10.9. The van der Waals surface area contributed by atoms with E-state index in [2.05, 4.69) is 50.2 Å². The highest BCUT2D eigenvalue weighted by molar-refractivity contribution is 14.1. The zero-order valence-corrected chi connectivity index (χ0v) is 21.6. The number of nitrogens with zero attached hydrogens (tertiary/aromatic N) is 1. The number of hydrogen-bond acceptors (Lipinski definition) is 6. The summed E-state index contributed by atoms with van der Waals surface area (Å²) < 4.78 is 12.5. The highest BCUT2D eigenvalue weighted by atomic mass is 127. The minimum Gasteiger partial charge on any atom is -0.506 e. The van der Waals surface area contributed by atoms with E-state index in [9.17, 15) is 14.7 Å². The molecule has 2 aromatic carbocycles. The Morgan fingerprint density at radius 3 is 2.55 bits per heavy atom. The first-order chi connectivity index (χ1) is 14.8. The summed E-state index contributed by atoms with van der Waals surface area (Å²) in [7, 11) is 1.57. The van der Waals surface area contributed by atoms with Crippen molar-refractivity contribution >= 4 is 79.9 Å². The lowest BCUT2D eigenvalue weighted by molar-refractivity contribution is -0.138. The van der Waals surface area contributed by atoms with Crippen LogP contribution in [0.2, 0.25) is 0 Å². The van der Waals surface area contributed by atoms with E-state index in [1.807, 2.05) is 12.1 Å². The largest absolute Gasteiger partial charge is 0.506 e. The van der Waals surface area contributed by atoms with E-state index in [1.165, 1.54) is 0 Å². The molecule has 9 heteroatoms. The van der Waals surface area contributed by atoms with Gasteiger partial charge in [0.1, 0.15) is 22.1 Å². The standard InChI is InChI=1S/C22H17I2NO5S/c1-3-30-22(28)17-18(26)16(10-13-9-14(23)11-15(24)19(13)29-2)31-21(17)25-20(27)12-7-5-4-6-8-12/h4-11,26H,3H2,1-2H3/b16-10-,25-21?. The third kappa shape index (κ3) is 5.50. The van der Waals surface area contributed by atoms with Crippen molar-refractivity contribution in [2.24, 2.45) is 4.99 Å². The molecule has 0 aromatic heterocycles. The molecular weight excluding hydrogens is 644 g/mol. The van der Waals surface area contributed by atoms with E-state index in [1.54, 1.807) is 50.4 Å². The normalized spacial score (nSPS) is 16.1. The van der Waals surface area contributed by atoms with Crippen LogP contribution in [0.5, 0.6) is 5.75 Å². The number of aliphatic hydroxyl groups excluding tert-OH is 1. The molecule has 2 aromatic rings. The number of aliphatic hydroxyl groups is 1. The van der Waals surface area contributed by atoms with Gasteiger partial charge in [-0.3, -0.25) is 4.79 Å². The van der Waals surface area contributed by atoms with E-state index >= 15 is 0 Å². The smallest absolute Gasteiger partial charge is 0.344 e. The monoisotopic (exact) mass is 661 g/mol. The van der Waals surface area contributed by atoms with Crippen molar-refractivity contribution in [1.29, 1.82) is 0 Å². The van der Waals surface area contributed by atoms with Gasteiger partial charge < -0.3 is 14.6 Å². The zero-order valence-electron chi connectivity index (χ0n) is 16.5. The molecule has 31 heavy (non-hydrogen) atoms. The number of halogens is 2. The van der Waals surface area contributed by atoms with E-state index in [-0.39, 0.29) is 23.0 Å². The SMILES string of the molecule is CCOC(=O)C1=C(O)/C(=C/c2cc(I)cc(I)c2OC)SC1=NC(=O)c1ccccc1. The van der Waals surface area contributed by atoms with Crippen LogP contribution in [0.1, 0.15) is 22.8 Å². The number of ether oxygens (including phenoxy) is 2. The number of esters is 1. The molecule has 0 saturated heterocycles. The fraction of sp³-hybridized carbons (Fsp3) is 0.136. The Bertz CT molecular complexity index is 1130. The number of methoxy groups -OCH3 is 1. The van der Waals surface area contributed by atoms with Gasteiger partial charge in [-0.25, -0.2) is 9.79 Å². The Balaban J connectivity index is 2.09. The molecule has 0 atom stereocenters. The highest BCUT2D eigenvalue weighted by Crippen LogP contribution is 2.41. The molecule has 0 fully saturated rings. The van der Waals surface area contributed by atoms with Gasteiger partial charge in [-0.2, -0.15) is 0 Å². The quantitative estimate of drug-likeness (QED) is 0.332. The maximum absolute atomic E-state index is 12.6. The van der Waals surface area contributed by atoms with Crippen molar-refractivity contribution in [2.45, 2.75) is 6.92 Å². The Labute approximate surface area is 211 Å². The van der Waals surface area contributed by atoms with E-state index in [0.29, 0.717) is 16.2 Å². The fourth-order valence-electron chi connectivity index (χ4n) is 2.77. The maximum Gasteiger partial charge on any atom is 0.344 e. The van der Waals surface area contributed by atoms with Gasteiger partial charge in [-0.15, -0.1) is 0 Å². The average Bonchev–Trinajstić information content (AvgIpc) is 3.03. The molecule has 0 radical (unpaired) electrons. The molecule has 1 aliphatic rings. The highest BCUT2D eigenvalue weighted by Gasteiger charge is 2.34. The summed E-state index contributed by atoms with van der Waals surface area (Å²) in [6.07, 6.45) is 1.71. The molecule has 0 saturated carbocycles. The van der Waals surface area contributed by atoms with Crippen molar-refractivity contribution in [3.63, 3.8) is 0 Å². The minimum absolute atomic E-state index is 0.0929. The van der Waals surface area contributed by atoms with Crippen LogP contribution in [0.25, 0.3) is 6.08 Å². The van der Waals surface area contributed by atoms with Gasteiger partial charge >= 0.3 is 5.97 Å². The van der Waals surface area contributed by atoms with Crippen LogP contribution >= 0.6 is 56.9 Å². The molecule has 0 spiro atoms. The van der Waals surface area contributed by atoms with E-state index in [4.69, 9.17) is 9.47 Å². The first kappa shape index (κ1) is 23.8. The lowest BCUT2D eigenvalue weighted by Gasteiger charge is -2.09. The molecule has 0 bridgehead atoms. The summed E-state index contributed by atoms with van der Waals surface area (Å²) in [4.78, 5) is 29.6. The second-order valence-corrected chi connectivity index (χ2v) is 9.59. The molecule has 1 amide bonds. The van der Waals surface area contributed by atoms with Gasteiger partial charge in [0.2, 0.25) is 0 Å². The molecule has 0 unspecified atom stereocenters. The van der Waals surface area contributed by atoms with Crippen LogP contribution in [0, 0.1) is 7.14 Å². The molecule has 3 rings (SSSR count). The number of amides is 1. The van der Waals surface area contributed by atoms with Crippen molar-refractivity contribution in [3.05, 3.63) is 77.0 Å². The van der Waals surface area contributed by atoms with E-state index in [0.717, 1.165) is 24.5 Å². The second-order valence-electron chi connectivity index (χ2n) is 6.15. The summed E-state index contributed by atoms with van der Waals surface area (Å²) >= 11 is 5.40. The van der Waals surface area contributed by atoms with Crippen LogP contribution in [-0.4, -0.2) is 35.7 Å². The van der Waals surface area contributed by atoms with Crippen molar-refractivity contribution in [1.82, 2.24) is 0 Å². The number of carbonyl (C=O) groups is 2.